The van der Waals surface area contributed by atoms with Crippen molar-refractivity contribution in [2.24, 2.45) is 0 Å². The Morgan fingerprint density at radius 2 is 1.72 bits per heavy atom. The van der Waals surface area contributed by atoms with Gasteiger partial charge in [-0.1, -0.05) is 18.2 Å². The summed E-state index contributed by atoms with van der Waals surface area (Å²) in [7, 11) is 0. The summed E-state index contributed by atoms with van der Waals surface area (Å²) in [4.78, 5) is 20.6. The first-order valence-electron chi connectivity index (χ1n) is 10.1. The van der Waals surface area contributed by atoms with Crippen LogP contribution in [0.3, 0.4) is 0 Å². The van der Waals surface area contributed by atoms with Gasteiger partial charge in [0, 0.05) is 17.4 Å². The quantitative estimate of drug-likeness (QED) is 0.468. The third-order valence-corrected chi connectivity index (χ3v) is 4.97. The average molecular weight is 429 g/mol. The lowest BCUT2D eigenvalue weighted by Crippen LogP contribution is -2.20. The Labute approximate surface area is 185 Å². The molecule has 1 N–H and O–H groups in total. The number of aryl methyl sites for hydroxylation is 1. The van der Waals surface area contributed by atoms with Crippen LogP contribution in [0, 0.1) is 20.8 Å². The van der Waals surface area contributed by atoms with Gasteiger partial charge in [0.25, 0.3) is 5.91 Å². The number of amides is 1. The van der Waals surface area contributed by atoms with Gasteiger partial charge in [0.05, 0.1) is 5.69 Å². The summed E-state index contributed by atoms with van der Waals surface area (Å²) in [5.74, 6) is 2.01. The normalized spacial score (nSPS) is 10.6. The topological polar surface area (TPSA) is 91.2 Å². The van der Waals surface area contributed by atoms with Crippen LogP contribution < -0.4 is 14.8 Å². The minimum atomic E-state index is -0.247. The van der Waals surface area contributed by atoms with E-state index in [1.807, 2.05) is 39.0 Å². The first-order chi connectivity index (χ1) is 15.5. The highest BCUT2D eigenvalue weighted by Gasteiger charge is 2.11. The standard InChI is InChI=1S/C24H23N5O3/c1-16-17(2)28-29(18(16)3)22-13-24(26-15-25-22)32-21-11-9-19(10-12-21)27-23(30)14-31-20-7-5-4-6-8-20/h4-13,15H,14H2,1-3H3,(H,27,30). The zero-order chi connectivity index (χ0) is 22.5. The number of hydrogen-bond donors (Lipinski definition) is 1. The predicted molar refractivity (Wildman–Crippen MR) is 120 cm³/mol. The maximum Gasteiger partial charge on any atom is 0.262 e. The van der Waals surface area contributed by atoms with Crippen LogP contribution in [0.15, 0.2) is 67.0 Å². The van der Waals surface area contributed by atoms with Gasteiger partial charge in [0.15, 0.2) is 12.4 Å². The third-order valence-electron chi connectivity index (χ3n) is 4.97. The van der Waals surface area contributed by atoms with Crippen molar-refractivity contribution < 1.29 is 14.3 Å². The average Bonchev–Trinajstić information content (AvgIpc) is 3.07. The number of para-hydroxylation sites is 1. The summed E-state index contributed by atoms with van der Waals surface area (Å²) in [5, 5.41) is 7.31. The molecule has 0 spiro atoms. The van der Waals surface area contributed by atoms with Crippen LogP contribution in [0.2, 0.25) is 0 Å². The number of benzene rings is 2. The van der Waals surface area contributed by atoms with Gasteiger partial charge < -0.3 is 14.8 Å². The molecule has 2 heterocycles. The lowest BCUT2D eigenvalue weighted by molar-refractivity contribution is -0.118. The van der Waals surface area contributed by atoms with Crippen LogP contribution in [0.4, 0.5) is 5.69 Å². The molecule has 1 amide bonds. The summed E-state index contributed by atoms with van der Waals surface area (Å²) in [6, 6.07) is 17.9. The fraction of sp³-hybridized carbons (Fsp3) is 0.167. The summed E-state index contributed by atoms with van der Waals surface area (Å²) in [5.41, 5.74) is 3.73. The smallest absolute Gasteiger partial charge is 0.262 e. The van der Waals surface area contributed by atoms with Gasteiger partial charge in [-0.3, -0.25) is 4.79 Å². The first kappa shape index (κ1) is 21.0. The van der Waals surface area contributed by atoms with Crippen molar-refractivity contribution in [2.45, 2.75) is 20.8 Å². The van der Waals surface area contributed by atoms with E-state index in [-0.39, 0.29) is 12.5 Å². The van der Waals surface area contributed by atoms with E-state index in [1.165, 1.54) is 6.33 Å². The number of anilines is 1. The summed E-state index contributed by atoms with van der Waals surface area (Å²) < 4.78 is 13.1. The molecular formula is C24H23N5O3. The number of nitrogens with one attached hydrogen (secondary N) is 1. The van der Waals surface area contributed by atoms with Gasteiger partial charge >= 0.3 is 0 Å². The van der Waals surface area contributed by atoms with Crippen molar-refractivity contribution in [2.75, 3.05) is 11.9 Å². The molecule has 4 rings (SSSR count). The number of nitrogens with zero attached hydrogens (tertiary/aromatic N) is 4. The highest BCUT2D eigenvalue weighted by molar-refractivity contribution is 5.91. The first-order valence-corrected chi connectivity index (χ1v) is 10.1. The lowest BCUT2D eigenvalue weighted by Gasteiger charge is -2.09. The van der Waals surface area contributed by atoms with E-state index in [9.17, 15) is 4.79 Å². The molecule has 0 unspecified atom stereocenters. The largest absolute Gasteiger partial charge is 0.484 e. The zero-order valence-corrected chi connectivity index (χ0v) is 18.1. The second kappa shape index (κ2) is 9.30. The highest BCUT2D eigenvalue weighted by Crippen LogP contribution is 2.23. The van der Waals surface area contributed by atoms with E-state index in [1.54, 1.807) is 47.1 Å². The van der Waals surface area contributed by atoms with Crippen LogP contribution in [0.5, 0.6) is 17.4 Å². The molecule has 4 aromatic rings. The van der Waals surface area contributed by atoms with Gasteiger partial charge in [0.1, 0.15) is 17.8 Å². The Balaban J connectivity index is 1.37. The van der Waals surface area contributed by atoms with E-state index in [0.29, 0.717) is 28.9 Å². The molecular weight excluding hydrogens is 406 g/mol. The van der Waals surface area contributed by atoms with Crippen molar-refractivity contribution >= 4 is 11.6 Å². The SMILES string of the molecule is Cc1nn(-c2cc(Oc3ccc(NC(=O)COc4ccccc4)cc3)ncn2)c(C)c1C. The second-order valence-electron chi connectivity index (χ2n) is 7.20. The van der Waals surface area contributed by atoms with E-state index >= 15 is 0 Å². The molecule has 8 nitrogen and oxygen atoms in total. The number of rotatable bonds is 7. The van der Waals surface area contributed by atoms with Crippen molar-refractivity contribution in [3.63, 3.8) is 0 Å². The van der Waals surface area contributed by atoms with Gasteiger partial charge in [-0.2, -0.15) is 5.10 Å². The van der Waals surface area contributed by atoms with Crippen LogP contribution in [-0.2, 0) is 4.79 Å². The molecule has 0 saturated carbocycles. The number of aromatic nitrogens is 4. The van der Waals surface area contributed by atoms with E-state index in [4.69, 9.17) is 9.47 Å². The number of ether oxygens (including phenoxy) is 2. The Morgan fingerprint density at radius 1 is 0.969 bits per heavy atom. The number of hydrogen-bond acceptors (Lipinski definition) is 6. The Morgan fingerprint density at radius 3 is 2.41 bits per heavy atom. The monoisotopic (exact) mass is 429 g/mol. The van der Waals surface area contributed by atoms with Gasteiger partial charge in [0.2, 0.25) is 5.88 Å². The van der Waals surface area contributed by atoms with Crippen molar-refractivity contribution in [3.05, 3.63) is 83.9 Å². The molecule has 0 aliphatic heterocycles. The second-order valence-corrected chi connectivity index (χ2v) is 7.20. The Kier molecular flexibility index (Phi) is 6.12. The zero-order valence-electron chi connectivity index (χ0n) is 18.1. The molecule has 0 radical (unpaired) electrons. The van der Waals surface area contributed by atoms with E-state index < -0.39 is 0 Å². The van der Waals surface area contributed by atoms with Crippen molar-refractivity contribution in [3.8, 4) is 23.2 Å². The van der Waals surface area contributed by atoms with Gasteiger partial charge in [-0.25, -0.2) is 14.6 Å². The van der Waals surface area contributed by atoms with E-state index in [0.717, 1.165) is 17.0 Å². The summed E-state index contributed by atoms with van der Waals surface area (Å²) in [6.45, 7) is 5.92. The van der Waals surface area contributed by atoms with Crippen LogP contribution in [0.1, 0.15) is 17.0 Å². The van der Waals surface area contributed by atoms with Crippen LogP contribution in [0.25, 0.3) is 5.82 Å². The molecule has 0 atom stereocenters. The van der Waals surface area contributed by atoms with Crippen LogP contribution >= 0.6 is 0 Å². The molecule has 0 aliphatic rings. The summed E-state index contributed by atoms with van der Waals surface area (Å²) >= 11 is 0. The Bertz CT molecular complexity index is 1220. The van der Waals surface area contributed by atoms with Crippen molar-refractivity contribution in [1.82, 2.24) is 19.7 Å². The molecule has 2 aromatic heterocycles. The molecule has 0 aliphatic carbocycles. The predicted octanol–water partition coefficient (Wildman–Crippen LogP) is 4.40. The molecule has 0 fully saturated rings. The highest BCUT2D eigenvalue weighted by atomic mass is 16.5. The van der Waals surface area contributed by atoms with Crippen molar-refractivity contribution in [1.29, 1.82) is 0 Å². The van der Waals surface area contributed by atoms with E-state index in [2.05, 4.69) is 20.4 Å². The van der Waals surface area contributed by atoms with Crippen LogP contribution in [-0.4, -0.2) is 32.3 Å². The molecule has 2 aromatic carbocycles. The minimum Gasteiger partial charge on any atom is -0.484 e. The van der Waals surface area contributed by atoms with Gasteiger partial charge in [-0.05, 0) is 62.7 Å². The third kappa shape index (κ3) is 4.92. The molecule has 32 heavy (non-hydrogen) atoms. The minimum absolute atomic E-state index is 0.0717. The molecule has 8 heteroatoms. The molecule has 162 valence electrons. The molecule has 0 bridgehead atoms. The number of carbonyl (C=O) groups is 1. The lowest BCUT2D eigenvalue weighted by atomic mass is 10.2. The van der Waals surface area contributed by atoms with Gasteiger partial charge in [-0.15, -0.1) is 0 Å². The number of carbonyl (C=O) groups excluding carboxylic acids is 1. The fourth-order valence-electron chi connectivity index (χ4n) is 3.03. The maximum absolute atomic E-state index is 12.1. The Hall–Kier alpha value is -4.20. The fourth-order valence-corrected chi connectivity index (χ4v) is 3.03. The molecule has 0 saturated heterocycles. The summed E-state index contributed by atoms with van der Waals surface area (Å²) in [6.07, 6.45) is 1.44. The maximum atomic E-state index is 12.1.